The highest BCUT2D eigenvalue weighted by atomic mass is 32.2. The van der Waals surface area contributed by atoms with E-state index in [2.05, 4.69) is 63.5 Å². The number of hydrogen-bond acceptors (Lipinski definition) is 5. The average Bonchev–Trinajstić information content (AvgIpc) is 3.43. The fraction of sp³-hybridized carbons (Fsp3) is 0.571. The van der Waals surface area contributed by atoms with Crippen LogP contribution in [0.4, 0.5) is 0 Å². The van der Waals surface area contributed by atoms with E-state index in [1.54, 1.807) is 6.33 Å². The first kappa shape index (κ1) is 21.6. The summed E-state index contributed by atoms with van der Waals surface area (Å²) in [6.45, 7) is 7.40. The van der Waals surface area contributed by atoms with E-state index >= 15 is 0 Å². The van der Waals surface area contributed by atoms with E-state index < -0.39 is 0 Å². The molecule has 1 saturated heterocycles. The summed E-state index contributed by atoms with van der Waals surface area (Å²) in [6.07, 6.45) is 5.15. The summed E-state index contributed by atoms with van der Waals surface area (Å²) in [7, 11) is 0. The van der Waals surface area contributed by atoms with Crippen LogP contribution in [0.15, 0.2) is 46.5 Å². The molecule has 0 spiro atoms. The molecule has 0 bridgehead atoms. The molecule has 3 rings (SSSR count). The van der Waals surface area contributed by atoms with Crippen molar-refractivity contribution in [1.82, 2.24) is 25.4 Å². The lowest BCUT2D eigenvalue weighted by Crippen LogP contribution is -2.47. The lowest BCUT2D eigenvalue weighted by Gasteiger charge is -2.23. The fourth-order valence-corrected chi connectivity index (χ4v) is 4.11. The zero-order valence-electron chi connectivity index (χ0n) is 17.4. The van der Waals surface area contributed by atoms with Crippen LogP contribution in [0.1, 0.15) is 32.5 Å². The number of benzene rings is 1. The third-order valence-corrected chi connectivity index (χ3v) is 5.93. The molecule has 1 aliphatic rings. The number of nitrogens with zero attached hydrogens (tertiary/aromatic N) is 4. The van der Waals surface area contributed by atoms with Gasteiger partial charge in [-0.2, -0.15) is 0 Å². The van der Waals surface area contributed by atoms with Gasteiger partial charge in [-0.3, -0.25) is 4.99 Å². The van der Waals surface area contributed by atoms with E-state index in [4.69, 9.17) is 9.73 Å². The molecule has 2 N–H and O–H groups in total. The van der Waals surface area contributed by atoms with Crippen molar-refractivity contribution in [2.24, 2.45) is 4.99 Å². The van der Waals surface area contributed by atoms with Crippen molar-refractivity contribution in [2.75, 3.05) is 25.4 Å². The van der Waals surface area contributed by atoms with Gasteiger partial charge in [-0.15, -0.1) is 22.0 Å². The zero-order valence-corrected chi connectivity index (χ0v) is 18.2. The third kappa shape index (κ3) is 7.04. The SMILES string of the molecule is CCc1nncn1CCN=C(NCCSc1ccccc1)NC(C)C1CCCO1. The first-order chi connectivity index (χ1) is 14.3. The van der Waals surface area contributed by atoms with Crippen LogP contribution < -0.4 is 10.6 Å². The fourth-order valence-electron chi connectivity index (χ4n) is 3.32. The average molecular weight is 417 g/mol. The largest absolute Gasteiger partial charge is 0.376 e. The number of aryl methyl sites for hydroxylation is 1. The summed E-state index contributed by atoms with van der Waals surface area (Å²) < 4.78 is 7.89. The summed E-state index contributed by atoms with van der Waals surface area (Å²) in [5.41, 5.74) is 0. The van der Waals surface area contributed by atoms with Crippen molar-refractivity contribution < 1.29 is 4.74 Å². The molecule has 158 valence electrons. The Hall–Kier alpha value is -2.06. The van der Waals surface area contributed by atoms with Crippen molar-refractivity contribution in [3.8, 4) is 0 Å². The summed E-state index contributed by atoms with van der Waals surface area (Å²) in [6, 6.07) is 10.7. The molecule has 0 amide bonds. The van der Waals surface area contributed by atoms with Crippen molar-refractivity contribution in [3.05, 3.63) is 42.5 Å². The minimum atomic E-state index is 0.228. The first-order valence-electron chi connectivity index (χ1n) is 10.5. The van der Waals surface area contributed by atoms with Gasteiger partial charge in [0.15, 0.2) is 5.96 Å². The maximum Gasteiger partial charge on any atom is 0.191 e. The highest BCUT2D eigenvalue weighted by Crippen LogP contribution is 2.16. The van der Waals surface area contributed by atoms with Gasteiger partial charge < -0.3 is 19.9 Å². The minimum Gasteiger partial charge on any atom is -0.376 e. The summed E-state index contributed by atoms with van der Waals surface area (Å²) in [5.74, 6) is 2.81. The Morgan fingerprint density at radius 3 is 3.00 bits per heavy atom. The number of nitrogens with one attached hydrogen (secondary N) is 2. The van der Waals surface area contributed by atoms with Crippen molar-refractivity contribution >= 4 is 17.7 Å². The lowest BCUT2D eigenvalue weighted by atomic mass is 10.1. The number of aliphatic imine (C=N–C) groups is 1. The predicted molar refractivity (Wildman–Crippen MR) is 118 cm³/mol. The molecular formula is C21H32N6OS. The second-order valence-electron chi connectivity index (χ2n) is 7.10. The number of aromatic nitrogens is 3. The van der Waals surface area contributed by atoms with Gasteiger partial charge in [0.1, 0.15) is 12.2 Å². The zero-order chi connectivity index (χ0) is 20.3. The normalized spacial score (nSPS) is 18.0. The monoisotopic (exact) mass is 416 g/mol. The molecule has 0 saturated carbocycles. The van der Waals surface area contributed by atoms with Crippen LogP contribution in [0.25, 0.3) is 0 Å². The number of thioether (sulfide) groups is 1. The van der Waals surface area contributed by atoms with Gasteiger partial charge in [0.2, 0.25) is 0 Å². The van der Waals surface area contributed by atoms with Crippen LogP contribution in [0.3, 0.4) is 0 Å². The first-order valence-corrected chi connectivity index (χ1v) is 11.5. The molecule has 7 nitrogen and oxygen atoms in total. The van der Waals surface area contributed by atoms with E-state index in [1.165, 1.54) is 4.90 Å². The van der Waals surface area contributed by atoms with Crippen LogP contribution in [0.2, 0.25) is 0 Å². The molecule has 1 fully saturated rings. The number of hydrogen-bond donors (Lipinski definition) is 2. The highest BCUT2D eigenvalue weighted by Gasteiger charge is 2.23. The van der Waals surface area contributed by atoms with Gasteiger partial charge in [-0.05, 0) is 31.9 Å². The van der Waals surface area contributed by atoms with Gasteiger partial charge in [0, 0.05) is 36.8 Å². The highest BCUT2D eigenvalue weighted by molar-refractivity contribution is 7.99. The maximum absolute atomic E-state index is 5.82. The molecule has 29 heavy (non-hydrogen) atoms. The Morgan fingerprint density at radius 2 is 2.24 bits per heavy atom. The Morgan fingerprint density at radius 1 is 1.38 bits per heavy atom. The Bertz CT molecular complexity index is 745. The second-order valence-corrected chi connectivity index (χ2v) is 8.27. The quantitative estimate of drug-likeness (QED) is 0.268. The molecule has 8 heteroatoms. The van der Waals surface area contributed by atoms with Gasteiger partial charge in [0.25, 0.3) is 0 Å². The van der Waals surface area contributed by atoms with Crippen molar-refractivity contribution in [2.45, 2.75) is 56.7 Å². The van der Waals surface area contributed by atoms with Gasteiger partial charge in [-0.25, -0.2) is 0 Å². The lowest BCUT2D eigenvalue weighted by molar-refractivity contribution is 0.0890. The smallest absolute Gasteiger partial charge is 0.191 e. The Labute approximate surface area is 177 Å². The van der Waals surface area contributed by atoms with E-state index in [0.29, 0.717) is 6.54 Å². The molecule has 1 aliphatic heterocycles. The molecule has 2 unspecified atom stereocenters. The van der Waals surface area contributed by atoms with Gasteiger partial charge in [0.05, 0.1) is 18.7 Å². The summed E-state index contributed by atoms with van der Waals surface area (Å²) >= 11 is 1.84. The van der Waals surface area contributed by atoms with Crippen molar-refractivity contribution in [3.63, 3.8) is 0 Å². The maximum atomic E-state index is 5.82. The third-order valence-electron chi connectivity index (χ3n) is 4.92. The van der Waals surface area contributed by atoms with Crippen LogP contribution in [0, 0.1) is 0 Å². The van der Waals surface area contributed by atoms with Crippen LogP contribution in [-0.4, -0.2) is 58.3 Å². The minimum absolute atomic E-state index is 0.228. The molecule has 2 heterocycles. The van der Waals surface area contributed by atoms with Crippen LogP contribution in [-0.2, 0) is 17.7 Å². The standard InChI is InChI=1S/C21H32N6OS/c1-3-20-26-24-16-27(20)13-11-22-21(25-17(2)19-10-7-14-28-19)23-12-15-29-18-8-5-4-6-9-18/h4-6,8-9,16-17,19H,3,7,10-15H2,1-2H3,(H2,22,23,25). The Balaban J connectivity index is 1.51. The molecule has 2 aromatic rings. The number of rotatable bonds is 10. The van der Waals surface area contributed by atoms with Crippen LogP contribution in [0.5, 0.6) is 0 Å². The van der Waals surface area contributed by atoms with Crippen LogP contribution >= 0.6 is 11.8 Å². The van der Waals surface area contributed by atoms with Gasteiger partial charge in [-0.1, -0.05) is 25.1 Å². The van der Waals surface area contributed by atoms with E-state index in [1.807, 2.05) is 17.8 Å². The molecular weight excluding hydrogens is 384 g/mol. The number of guanidine groups is 1. The molecule has 1 aromatic heterocycles. The molecule has 2 atom stereocenters. The number of ether oxygens (including phenoxy) is 1. The summed E-state index contributed by atoms with van der Waals surface area (Å²) in [4.78, 5) is 6.07. The summed E-state index contributed by atoms with van der Waals surface area (Å²) in [5, 5.41) is 15.1. The van der Waals surface area contributed by atoms with Gasteiger partial charge >= 0.3 is 0 Å². The van der Waals surface area contributed by atoms with E-state index in [-0.39, 0.29) is 12.1 Å². The second kappa shape index (κ2) is 11.8. The predicted octanol–water partition coefficient (Wildman–Crippen LogP) is 2.74. The van der Waals surface area contributed by atoms with Crippen molar-refractivity contribution in [1.29, 1.82) is 0 Å². The van der Waals surface area contributed by atoms with E-state index in [0.717, 1.165) is 56.5 Å². The topological polar surface area (TPSA) is 76.4 Å². The molecule has 0 radical (unpaired) electrons. The van der Waals surface area contributed by atoms with E-state index in [9.17, 15) is 0 Å². The Kier molecular flexibility index (Phi) is 8.82. The molecule has 1 aromatic carbocycles. The molecule has 0 aliphatic carbocycles.